The molecule has 0 saturated heterocycles. The van der Waals surface area contributed by atoms with Crippen molar-refractivity contribution in [1.82, 2.24) is 18.3 Å². The topological polar surface area (TPSA) is 586 Å². The summed E-state index contributed by atoms with van der Waals surface area (Å²) < 4.78 is 109. The zero-order chi connectivity index (χ0) is 101. The molecule has 0 aliphatic carbocycles. The minimum absolute atomic E-state index is 0.0339. The summed E-state index contributed by atoms with van der Waals surface area (Å²) in [5, 5.41) is 57.1. The van der Waals surface area contributed by atoms with Crippen LogP contribution in [-0.2, 0) is 58.8 Å². The number of aryl methyl sites for hydroxylation is 1. The number of amides is 3. The third-order valence-electron chi connectivity index (χ3n) is 22.6. The van der Waals surface area contributed by atoms with Gasteiger partial charge in [0.2, 0.25) is 0 Å². The number of nitrogens with one attached hydrogen (secondary N) is 4. The Kier molecular flexibility index (Phi) is 27.2. The number of pyridine rings is 4. The van der Waals surface area contributed by atoms with Crippen molar-refractivity contribution in [2.75, 3.05) is 41.1 Å². The van der Waals surface area contributed by atoms with Crippen LogP contribution >= 0.6 is 57.6 Å². The Labute approximate surface area is 813 Å². The Bertz CT molecular complexity index is 8580. The summed E-state index contributed by atoms with van der Waals surface area (Å²) >= 11 is 9.37. The van der Waals surface area contributed by atoms with E-state index in [9.17, 15) is 96.2 Å². The van der Waals surface area contributed by atoms with Crippen LogP contribution in [0, 0.1) is 12.7 Å². The van der Waals surface area contributed by atoms with Gasteiger partial charge in [0.15, 0.2) is 43.2 Å². The molecule has 9 heterocycles. The van der Waals surface area contributed by atoms with Crippen molar-refractivity contribution in [1.29, 1.82) is 0 Å². The number of primary amides is 3. The first-order valence-electron chi connectivity index (χ1n) is 42.5. The second-order valence-corrected chi connectivity index (χ2v) is 40.7. The van der Waals surface area contributed by atoms with Crippen LogP contribution in [0.2, 0.25) is 5.02 Å². The van der Waals surface area contributed by atoms with Crippen molar-refractivity contribution >= 4 is 186 Å². The quantitative estimate of drug-likeness (QED) is 0.0297. The first-order chi connectivity index (χ1) is 67.8. The van der Waals surface area contributed by atoms with Gasteiger partial charge < -0.3 is 115 Å². The first-order valence-corrected chi connectivity index (χ1v) is 50.1. The summed E-state index contributed by atoms with van der Waals surface area (Å²) in [7, 11) is -17.4. The average Bonchev–Trinajstić information content (AvgIpc) is 0.976. The Balaban J connectivity index is 0.000000130. The fourth-order valence-electron chi connectivity index (χ4n) is 16.1. The molecular weight excluding hydrogens is 2000 g/mol. The number of nitrogens with two attached hydrogens (primary N) is 3. The number of rotatable bonds is 21. The number of nitrogens with zero attached hydrogens (tertiary/aromatic N) is 8. The Hall–Kier alpha value is -16.1. The summed E-state index contributed by atoms with van der Waals surface area (Å²) in [6, 6.07) is 67.4. The molecule has 3 amide bonds. The van der Waals surface area contributed by atoms with Crippen LogP contribution in [0.3, 0.4) is 0 Å². The van der Waals surface area contributed by atoms with Gasteiger partial charge >= 0.3 is 30.1 Å². The number of aromatic hydroxyl groups is 4. The molecule has 18 N–H and O–H groups in total. The Morgan fingerprint density at radius 1 is 0.387 bits per heavy atom. The Morgan fingerprint density at radius 2 is 0.697 bits per heavy atom. The normalized spacial score (nSPS) is 16.8. The molecule has 4 unspecified atom stereocenters. The van der Waals surface area contributed by atoms with E-state index in [0.29, 0.717) is 55.0 Å². The van der Waals surface area contributed by atoms with Crippen molar-refractivity contribution in [3.8, 4) is 40.2 Å². The second-order valence-electron chi connectivity index (χ2n) is 32.3. The van der Waals surface area contributed by atoms with Crippen molar-refractivity contribution in [3.05, 3.63) is 368 Å². The smallest absolute Gasteiger partial charge is 0.346 e. The van der Waals surface area contributed by atoms with Gasteiger partial charge in [0.1, 0.15) is 68.3 Å². The van der Waals surface area contributed by atoms with Gasteiger partial charge in [-0.1, -0.05) is 136 Å². The monoisotopic (exact) mass is 2080 g/mol. The van der Waals surface area contributed by atoms with E-state index in [0.717, 1.165) is 21.2 Å². The van der Waals surface area contributed by atoms with Crippen LogP contribution in [0.25, 0.3) is 43.6 Å². The van der Waals surface area contributed by atoms with Crippen molar-refractivity contribution in [3.63, 3.8) is 0 Å². The number of halogens is 3. The molecule has 0 saturated carbocycles. The van der Waals surface area contributed by atoms with Gasteiger partial charge in [0.25, 0.3) is 40.0 Å². The molecule has 720 valence electrons. The average molecular weight is 2080 g/mol. The number of furan rings is 1. The van der Waals surface area contributed by atoms with E-state index in [1.807, 2.05) is 61.5 Å². The molecule has 38 nitrogen and oxygen atoms in total. The van der Waals surface area contributed by atoms with Gasteiger partial charge in [0, 0.05) is 31.6 Å². The molecule has 0 fully saturated rings. The van der Waals surface area contributed by atoms with Gasteiger partial charge in [-0.15, -0.1) is 0 Å². The highest BCUT2D eigenvalue weighted by Gasteiger charge is 2.40. The summed E-state index contributed by atoms with van der Waals surface area (Å²) in [6.45, 7) is 1.15. The van der Waals surface area contributed by atoms with Crippen LogP contribution in [-0.4, -0.2) is 119 Å². The highest BCUT2D eigenvalue weighted by molar-refractivity contribution is 9.10. The highest BCUT2D eigenvalue weighted by Crippen LogP contribution is 2.52. The van der Waals surface area contributed by atoms with Gasteiger partial charge in [-0.25, -0.2) is 4.39 Å². The fourth-order valence-corrected chi connectivity index (χ4v) is 21.9. The summed E-state index contributed by atoms with van der Waals surface area (Å²) in [5.74, 6) is -4.68. The highest BCUT2D eigenvalue weighted by atomic mass is 79.9. The van der Waals surface area contributed by atoms with E-state index in [2.05, 4.69) is 56.2 Å². The van der Waals surface area contributed by atoms with E-state index in [4.69, 9.17) is 47.4 Å². The van der Waals surface area contributed by atoms with Crippen LogP contribution in [0.15, 0.2) is 308 Å². The number of aromatic nitrogens is 4. The van der Waals surface area contributed by atoms with E-state index in [1.54, 1.807) is 121 Å². The van der Waals surface area contributed by atoms with Crippen molar-refractivity contribution in [2.45, 2.75) is 33.1 Å². The summed E-state index contributed by atoms with van der Waals surface area (Å²) in [4.78, 5) is 130. The molecule has 20 rings (SSSR count). The van der Waals surface area contributed by atoms with Crippen LogP contribution < -0.4 is 96.1 Å². The summed E-state index contributed by atoms with van der Waals surface area (Å²) in [6.07, 6.45) is 2.98. The number of hydrogen-bond acceptors (Lipinski definition) is 23. The maximum Gasteiger partial charge on any atom is 0.346 e. The molecule has 45 heteroatoms. The van der Waals surface area contributed by atoms with E-state index >= 15 is 0 Å². The number of para-hydroxylation sites is 4. The van der Waals surface area contributed by atoms with E-state index in [-0.39, 0.29) is 155 Å². The van der Waals surface area contributed by atoms with E-state index < -0.39 is 101 Å². The van der Waals surface area contributed by atoms with Crippen molar-refractivity contribution in [2.24, 2.45) is 36.3 Å². The number of anilines is 4. The van der Waals surface area contributed by atoms with Crippen molar-refractivity contribution < 1.29 is 95.7 Å². The zero-order valence-corrected chi connectivity index (χ0v) is 79.6. The van der Waals surface area contributed by atoms with E-state index in [1.165, 1.54) is 104 Å². The molecular formula is C97H78BrClFN15O23P4. The zero-order valence-electron chi connectivity index (χ0n) is 73.7. The molecule has 4 atom stereocenters. The van der Waals surface area contributed by atoms with Gasteiger partial charge in [-0.05, 0) is 169 Å². The lowest BCUT2D eigenvalue weighted by molar-refractivity contribution is -0.120. The predicted molar refractivity (Wildman–Crippen MR) is 540 cm³/mol. The lowest BCUT2D eigenvalue weighted by Crippen LogP contribution is -2.33. The van der Waals surface area contributed by atoms with Gasteiger partial charge in [-0.3, -0.25) is 51.8 Å². The SMILES string of the molecule is Cc1ccc2c(c1)P(=O)(O)N=C(c1c(O)c3ccccc3n(Cc3cccc(Br)c3)c1=O)N2.NC(=O)COc1ccc2c(c1)P(=O)(O)N=C(c1c(O)c3ccccc3n(Cc3ccc(F)c(Cl)c3)c1=O)N2.NC(=O)COc1ccc2c(c1)P(=O)(O)N=C(c1c(O)c3ccccc3n(Cc3ccccc3)c1=O)N2.NC(=O)COc1ccc2c(c1)P(=O)(O)N=C(c1c(O)c3ccccc3n(Cc3ccoc3)c1=O)N2. The number of carbonyl (C=O) groups is 3. The third-order valence-corrected chi connectivity index (χ3v) is 29.3. The maximum atomic E-state index is 13.7. The minimum Gasteiger partial charge on any atom is -0.506 e. The molecule has 142 heavy (non-hydrogen) atoms. The molecule has 11 aromatic carbocycles. The fraction of sp³-hybridized carbons (Fsp3) is 0.0825. The van der Waals surface area contributed by atoms with Crippen LogP contribution in [0.5, 0.6) is 40.2 Å². The number of carbonyl (C=O) groups excluding carboxylic acids is 3. The molecule has 0 radical (unpaired) electrons. The maximum absolute atomic E-state index is 13.7. The molecule has 0 spiro atoms. The second kappa shape index (κ2) is 39.6. The molecule has 4 aliphatic heterocycles. The third kappa shape index (κ3) is 20.1. The predicted octanol–water partition coefficient (Wildman–Crippen LogP) is 11.8. The Morgan fingerprint density at radius 3 is 1.03 bits per heavy atom. The lowest BCUT2D eigenvalue weighted by Gasteiger charge is -2.23. The summed E-state index contributed by atoms with van der Waals surface area (Å²) in [5.41, 5.74) is 18.5. The molecule has 16 aromatic rings. The first kappa shape index (κ1) is 97.5. The molecule has 4 aliphatic rings. The molecule has 5 aromatic heterocycles. The number of fused-ring (bicyclic) bond motifs is 8. The largest absolute Gasteiger partial charge is 0.506 e. The van der Waals surface area contributed by atoms with Crippen LogP contribution in [0.4, 0.5) is 27.1 Å². The molecule has 0 bridgehead atoms. The number of amidine groups is 4. The standard InChI is InChI=1S/C25H19ClFN4O6P.C25H21N4O6P.C24H19BrN3O4P.C23H19N4O7P/c26-16-9-13(5-7-17(16)27)11-31-19-4-2-1-3-15(19)23(33)22(25(31)34)24-29-18-8-6-14(37-12-21(28)32)10-20(18)38(35,36)30-24;26-21(30)14-35-16-10-11-18-20(12-16)36(33,34)28-24(27-18)22-23(31)17-8-4-5-9-19(17)29(25(22)32)13-15-6-2-1-3-7-15;1-14-9-10-18-20(11-14)33(31,32)27-23(26-18)21-22(29)17-7-2-3-8-19(17)28(24(21)30)13-15-5-4-6-16(25)12-15;24-19(28)12-34-14-5-6-16-18(9-14)35(31,32)26-22(25-16)20-21(29)15-3-1-2-4-17(15)27(23(20)30)10-13-7-8-33-11-13/h1-10,33H,11-12H2,(H2,28,32)(H2,29,30,35,36);1-12,31H,13-14H2,(H2,26,30)(H2,27,28,33,34);2-12,29H,13H2,1H3,(H2,26,27,31,32);1-9,11,29H,10,12H2,(H2,24,28)(H2,25,26,31,32). The van der Waals surface area contributed by atoms with Gasteiger partial charge in [-0.2, -0.15) is 19.1 Å². The number of ether oxygens (including phenoxy) is 3. The van der Waals surface area contributed by atoms with Crippen LogP contribution in [0.1, 0.15) is 50.1 Å². The number of benzene rings is 11. The van der Waals surface area contributed by atoms with Gasteiger partial charge in [0.05, 0.1) is 110 Å². The number of hydrogen-bond donors (Lipinski definition) is 15. The lowest BCUT2D eigenvalue weighted by atomic mass is 10.1. The minimum atomic E-state index is -4.46.